The molecule has 0 saturated heterocycles. The maximum atomic E-state index is 14.7. The number of carbonyl (C=O) groups is 1. The Hall–Kier alpha value is -5.81. The fourth-order valence-corrected chi connectivity index (χ4v) is 7.35. The molecule has 0 amide bonds. The van der Waals surface area contributed by atoms with Crippen LogP contribution in [0.25, 0.3) is 22.3 Å². The van der Waals surface area contributed by atoms with Crippen molar-refractivity contribution < 1.29 is 68.4 Å². The minimum Gasteiger partial charge on any atom is -0.743 e. The normalized spacial score (nSPS) is 11.7. The number of carbonyl (C=O) groups excluding carboxylic acids is 1. The molecule has 0 heterocycles. The molecule has 0 spiro atoms. The van der Waals surface area contributed by atoms with Gasteiger partial charge in [-0.25, -0.2) is 8.42 Å². The average molecular weight is 857 g/mol. The number of halogens is 4. The van der Waals surface area contributed by atoms with E-state index in [1.807, 2.05) is 62.4 Å². The predicted octanol–water partition coefficient (Wildman–Crippen LogP) is 10.1. The maximum Gasteiger partial charge on any atom is 1.00 e. The molecule has 0 N–H and O–H groups in total. The molecule has 0 aliphatic rings. The van der Waals surface area contributed by atoms with E-state index in [1.54, 1.807) is 97.1 Å². The Bertz CT molecular complexity index is 2730. The van der Waals surface area contributed by atoms with Crippen molar-refractivity contribution in [2.45, 2.75) is 29.3 Å². The van der Waals surface area contributed by atoms with Crippen molar-refractivity contribution in [1.82, 2.24) is 0 Å². The minimum absolute atomic E-state index is 0. The predicted molar refractivity (Wildman–Crippen MR) is 222 cm³/mol. The van der Waals surface area contributed by atoms with Crippen molar-refractivity contribution in [1.29, 1.82) is 0 Å². The Morgan fingerprint density at radius 1 is 0.508 bits per heavy atom. The molecule has 0 atom stereocenters. The summed E-state index contributed by atoms with van der Waals surface area (Å²) in [4.78, 5) is 12.2. The van der Waals surface area contributed by atoms with E-state index in [9.17, 15) is 35.3 Å². The zero-order valence-corrected chi connectivity index (χ0v) is 34.4. The van der Waals surface area contributed by atoms with Crippen molar-refractivity contribution >= 4 is 27.7 Å². The molecule has 0 saturated carbocycles. The first-order valence-corrected chi connectivity index (χ1v) is 20.4. The molecule has 7 aromatic rings. The molecule has 7 rings (SSSR count). The molecule has 0 unspecified atom stereocenters. The van der Waals surface area contributed by atoms with Gasteiger partial charge < -0.3 is 18.8 Å². The molecule has 0 radical (unpaired) electrons. The van der Waals surface area contributed by atoms with Gasteiger partial charge >= 0.3 is 29.4 Å². The van der Waals surface area contributed by atoms with Crippen molar-refractivity contribution in [2.24, 2.45) is 0 Å². The Morgan fingerprint density at radius 3 is 1.26 bits per heavy atom. The van der Waals surface area contributed by atoms with Gasteiger partial charge in [0.15, 0.2) is 15.9 Å². The number of rotatable bonds is 14. The van der Waals surface area contributed by atoms with Crippen LogP contribution in [-0.4, -0.2) is 29.3 Å². The van der Waals surface area contributed by atoms with Gasteiger partial charge in [-0.3, -0.25) is 4.79 Å². The fourth-order valence-electron chi connectivity index (χ4n) is 5.90. The maximum absolute atomic E-state index is 14.7. The monoisotopic (exact) mass is 856 g/mol. The van der Waals surface area contributed by atoms with E-state index in [1.165, 1.54) is 12.1 Å². The van der Waals surface area contributed by atoms with Gasteiger partial charge in [-0.2, -0.15) is 17.6 Å². The van der Waals surface area contributed by atoms with Crippen LogP contribution in [0.15, 0.2) is 169 Å². The molecule has 14 heteroatoms. The van der Waals surface area contributed by atoms with Crippen LogP contribution in [0.1, 0.15) is 27.0 Å². The van der Waals surface area contributed by atoms with Crippen LogP contribution in [0.5, 0.6) is 34.5 Å². The van der Waals surface area contributed by atoms with Crippen LogP contribution in [-0.2, 0) is 10.1 Å². The SMILES string of the molecule is Cc1ccc(C(=O)c2ccc(Oc3ccc(-c4ccc(Oc5ccc(SC(F)(F)C(F)(F)S(=O)(=O)[O-])c(Oc6ccc(-c7ccc(C)cc7)cc6)c5)cc4)cc3)cc2)cc1.[Li+]. The molecule has 0 aromatic heterocycles. The first-order valence-electron chi connectivity index (χ1n) is 18.2. The van der Waals surface area contributed by atoms with Gasteiger partial charge in [0.1, 0.15) is 34.5 Å². The number of ether oxygens (including phenoxy) is 3. The zero-order valence-electron chi connectivity index (χ0n) is 32.8. The summed E-state index contributed by atoms with van der Waals surface area (Å²) in [5.74, 6) is 1.27. The second kappa shape index (κ2) is 18.4. The van der Waals surface area contributed by atoms with Gasteiger partial charge in [0, 0.05) is 17.2 Å². The zero-order chi connectivity index (χ0) is 42.7. The Balaban J connectivity index is 0.00000622. The summed E-state index contributed by atoms with van der Waals surface area (Å²) >= 11 is -0.821. The fraction of sp³-hybridized carbons (Fsp3) is 0.0851. The summed E-state index contributed by atoms with van der Waals surface area (Å²) in [5.41, 5.74) is 6.70. The van der Waals surface area contributed by atoms with Crippen molar-refractivity contribution in [3.8, 4) is 56.8 Å². The largest absolute Gasteiger partial charge is 1.00 e. The second-order valence-corrected chi connectivity index (χ2v) is 16.2. The minimum atomic E-state index is -6.72. The summed E-state index contributed by atoms with van der Waals surface area (Å²) in [5, 5.41) is -11.3. The second-order valence-electron chi connectivity index (χ2n) is 13.7. The van der Waals surface area contributed by atoms with Crippen LogP contribution >= 0.6 is 11.8 Å². The molecule has 7 aromatic carbocycles. The number of hydrogen-bond donors (Lipinski definition) is 0. The van der Waals surface area contributed by atoms with Crippen LogP contribution in [0.2, 0.25) is 0 Å². The van der Waals surface area contributed by atoms with E-state index in [4.69, 9.17) is 14.2 Å². The third kappa shape index (κ3) is 10.6. The van der Waals surface area contributed by atoms with Gasteiger partial charge in [-0.05, 0) is 121 Å². The summed E-state index contributed by atoms with van der Waals surface area (Å²) in [7, 11) is -6.72. The Labute approximate surface area is 366 Å². The molecular weight excluding hydrogens is 824 g/mol. The van der Waals surface area contributed by atoms with Gasteiger partial charge in [-0.1, -0.05) is 96.1 Å². The van der Waals surface area contributed by atoms with Crippen LogP contribution in [0.3, 0.4) is 0 Å². The number of benzene rings is 7. The summed E-state index contributed by atoms with van der Waals surface area (Å²) in [6, 6.07) is 46.2. The topological polar surface area (TPSA) is 102 Å². The molecule has 0 bridgehead atoms. The molecule has 61 heavy (non-hydrogen) atoms. The van der Waals surface area contributed by atoms with Gasteiger partial charge in [0.2, 0.25) is 0 Å². The number of ketones is 1. The van der Waals surface area contributed by atoms with Crippen LogP contribution in [0, 0.1) is 13.8 Å². The molecular formula is C47H33F4LiO7S2. The summed E-state index contributed by atoms with van der Waals surface area (Å²) in [6.45, 7) is 3.91. The van der Waals surface area contributed by atoms with Gasteiger partial charge in [0.05, 0.1) is 4.90 Å². The van der Waals surface area contributed by atoms with E-state index in [-0.39, 0.29) is 41.9 Å². The van der Waals surface area contributed by atoms with Gasteiger partial charge in [0.25, 0.3) is 0 Å². The third-order valence-electron chi connectivity index (χ3n) is 9.22. The van der Waals surface area contributed by atoms with E-state index < -0.39 is 37.3 Å². The molecule has 0 aliphatic heterocycles. The molecule has 0 fully saturated rings. The summed E-state index contributed by atoms with van der Waals surface area (Å²) in [6.07, 6.45) is 0. The van der Waals surface area contributed by atoms with Crippen molar-refractivity contribution in [2.75, 3.05) is 0 Å². The number of thioether (sulfide) groups is 1. The van der Waals surface area contributed by atoms with Crippen LogP contribution < -0.4 is 33.1 Å². The van der Waals surface area contributed by atoms with E-state index in [0.717, 1.165) is 39.4 Å². The first-order chi connectivity index (χ1) is 28.5. The average Bonchev–Trinajstić information content (AvgIpc) is 3.23. The Kier molecular flexibility index (Phi) is 13.5. The van der Waals surface area contributed by atoms with E-state index in [0.29, 0.717) is 28.4 Å². The smallest absolute Gasteiger partial charge is 0.743 e. The first kappa shape index (κ1) is 44.7. The number of alkyl halides is 4. The van der Waals surface area contributed by atoms with Crippen molar-refractivity contribution in [3.05, 3.63) is 186 Å². The summed E-state index contributed by atoms with van der Waals surface area (Å²) < 4.78 is 109. The third-order valence-corrected chi connectivity index (χ3v) is 11.3. The van der Waals surface area contributed by atoms with Crippen LogP contribution in [0.4, 0.5) is 17.6 Å². The molecule has 304 valence electrons. The standard InChI is InChI=1S/C47H34F4O7S2.Li/c1-30-3-7-32(8-4-30)33-15-23-41(24-16-33)58-43-29-42(27-28-44(43)59-46(48,49)47(50,51)60(53,54)55)57-40-21-13-35(14-22-40)34-11-19-38(20-12-34)56-39-25-17-37(18-26-39)45(52)36-9-5-31(2)6-10-36;/h3-29H,1-2H3,(H,53,54,55);/q;+1/p-1. The quantitative estimate of drug-likeness (QED) is 0.0350. The van der Waals surface area contributed by atoms with E-state index >= 15 is 0 Å². The van der Waals surface area contributed by atoms with Crippen molar-refractivity contribution in [3.63, 3.8) is 0 Å². The Morgan fingerprint density at radius 2 is 0.836 bits per heavy atom. The number of hydrogen-bond acceptors (Lipinski definition) is 8. The molecule has 0 aliphatic carbocycles. The molecule has 7 nitrogen and oxygen atoms in total. The van der Waals surface area contributed by atoms with E-state index in [2.05, 4.69) is 0 Å². The van der Waals surface area contributed by atoms with Gasteiger partial charge in [-0.15, -0.1) is 0 Å². The number of aryl methyl sites for hydroxylation is 2.